The number of nitrogens with zero attached hydrogens (tertiary/aromatic N) is 3. The Balaban J connectivity index is 2.08. The van der Waals surface area contributed by atoms with Gasteiger partial charge in [0, 0.05) is 17.8 Å². The van der Waals surface area contributed by atoms with Crippen LogP contribution in [-0.4, -0.2) is 15.0 Å². The highest BCUT2D eigenvalue weighted by atomic mass is 127. The molecule has 2 heterocycles. The molecule has 2 aromatic heterocycles. The van der Waals surface area contributed by atoms with E-state index in [0.717, 1.165) is 14.5 Å². The second-order valence-electron chi connectivity index (χ2n) is 3.61. The zero-order valence-electron chi connectivity index (χ0n) is 9.25. The van der Waals surface area contributed by atoms with E-state index in [-0.39, 0.29) is 0 Å². The van der Waals surface area contributed by atoms with Crippen molar-refractivity contribution in [3.8, 4) is 11.6 Å². The third-order valence-electron chi connectivity index (χ3n) is 2.44. The molecule has 88 valence electrons. The molecule has 0 radical (unpaired) electrons. The largest absolute Gasteiger partial charge is 0.436 e. The molecule has 0 aliphatic carbocycles. The first-order chi connectivity index (χ1) is 8.84. The van der Waals surface area contributed by atoms with Gasteiger partial charge in [-0.1, -0.05) is 18.2 Å². The van der Waals surface area contributed by atoms with Crippen LogP contribution < -0.4 is 4.74 Å². The molecule has 0 atom stereocenters. The Kier molecular flexibility index (Phi) is 3.06. The van der Waals surface area contributed by atoms with Crippen LogP contribution in [0.25, 0.3) is 10.9 Å². The summed E-state index contributed by atoms with van der Waals surface area (Å²) in [6.45, 7) is 0. The van der Waals surface area contributed by atoms with Gasteiger partial charge in [0.15, 0.2) is 5.75 Å². The van der Waals surface area contributed by atoms with Crippen molar-refractivity contribution in [2.75, 3.05) is 0 Å². The molecular weight excluding hydrogens is 341 g/mol. The van der Waals surface area contributed by atoms with Crippen LogP contribution in [0.5, 0.6) is 11.6 Å². The lowest BCUT2D eigenvalue weighted by Crippen LogP contribution is -1.93. The maximum Gasteiger partial charge on any atom is 0.235 e. The van der Waals surface area contributed by atoms with Gasteiger partial charge in [0.05, 0.1) is 3.57 Å². The Bertz CT molecular complexity index is 697. The van der Waals surface area contributed by atoms with Crippen LogP contribution in [0.3, 0.4) is 0 Å². The van der Waals surface area contributed by atoms with Crippen molar-refractivity contribution in [2.24, 2.45) is 0 Å². The number of benzene rings is 1. The van der Waals surface area contributed by atoms with Crippen molar-refractivity contribution in [2.45, 2.75) is 0 Å². The Labute approximate surface area is 117 Å². The lowest BCUT2D eigenvalue weighted by Gasteiger charge is -2.07. The molecule has 3 rings (SSSR count). The fourth-order valence-electron chi connectivity index (χ4n) is 1.64. The van der Waals surface area contributed by atoms with Gasteiger partial charge in [-0.3, -0.25) is 4.98 Å². The van der Waals surface area contributed by atoms with E-state index in [4.69, 9.17) is 4.74 Å². The Hall–Kier alpha value is -1.76. The summed E-state index contributed by atoms with van der Waals surface area (Å²) in [4.78, 5) is 12.4. The standard InChI is InChI=1S/C13H8IN3O/c14-10-7-15-8-17-13(10)18-11-5-1-3-9-4-2-6-16-12(9)11/h1-8H. The number of pyridine rings is 1. The van der Waals surface area contributed by atoms with Gasteiger partial charge in [0.2, 0.25) is 5.88 Å². The van der Waals surface area contributed by atoms with Gasteiger partial charge in [-0.2, -0.15) is 0 Å². The lowest BCUT2D eigenvalue weighted by atomic mass is 10.2. The Morgan fingerprint density at radius 2 is 1.94 bits per heavy atom. The molecule has 0 N–H and O–H groups in total. The van der Waals surface area contributed by atoms with Crippen molar-refractivity contribution in [1.29, 1.82) is 0 Å². The van der Waals surface area contributed by atoms with E-state index in [1.807, 2.05) is 30.3 Å². The summed E-state index contributed by atoms with van der Waals surface area (Å²) in [5.74, 6) is 1.24. The van der Waals surface area contributed by atoms with E-state index in [1.54, 1.807) is 12.4 Å². The summed E-state index contributed by atoms with van der Waals surface area (Å²) >= 11 is 2.14. The van der Waals surface area contributed by atoms with Crippen molar-refractivity contribution in [1.82, 2.24) is 15.0 Å². The van der Waals surface area contributed by atoms with Crippen molar-refractivity contribution in [3.63, 3.8) is 0 Å². The molecule has 0 saturated heterocycles. The van der Waals surface area contributed by atoms with E-state index in [2.05, 4.69) is 37.5 Å². The number of para-hydroxylation sites is 1. The van der Waals surface area contributed by atoms with Gasteiger partial charge in [-0.05, 0) is 34.7 Å². The zero-order valence-corrected chi connectivity index (χ0v) is 11.4. The molecule has 0 saturated carbocycles. The highest BCUT2D eigenvalue weighted by Crippen LogP contribution is 2.28. The number of aromatic nitrogens is 3. The van der Waals surface area contributed by atoms with E-state index in [1.165, 1.54) is 6.33 Å². The first-order valence-electron chi connectivity index (χ1n) is 5.32. The minimum atomic E-state index is 0.545. The van der Waals surface area contributed by atoms with E-state index in [9.17, 15) is 0 Å². The van der Waals surface area contributed by atoms with Crippen molar-refractivity contribution < 1.29 is 4.74 Å². The average Bonchev–Trinajstić information content (AvgIpc) is 2.42. The molecule has 5 heteroatoms. The molecule has 18 heavy (non-hydrogen) atoms. The summed E-state index contributed by atoms with van der Waals surface area (Å²) in [5, 5.41) is 1.04. The lowest BCUT2D eigenvalue weighted by molar-refractivity contribution is 0.461. The second kappa shape index (κ2) is 4.85. The number of ether oxygens (including phenoxy) is 1. The fraction of sp³-hybridized carbons (Fsp3) is 0. The first kappa shape index (κ1) is 11.3. The number of hydrogen-bond acceptors (Lipinski definition) is 4. The third kappa shape index (κ3) is 2.13. The van der Waals surface area contributed by atoms with Gasteiger partial charge in [-0.25, -0.2) is 9.97 Å². The normalized spacial score (nSPS) is 10.5. The van der Waals surface area contributed by atoms with Gasteiger partial charge in [-0.15, -0.1) is 0 Å². The molecule has 0 unspecified atom stereocenters. The van der Waals surface area contributed by atoms with Crippen LogP contribution in [0.4, 0.5) is 0 Å². The fourth-order valence-corrected chi connectivity index (χ4v) is 2.05. The molecule has 0 bridgehead atoms. The number of rotatable bonds is 2. The molecule has 4 nitrogen and oxygen atoms in total. The van der Waals surface area contributed by atoms with E-state index >= 15 is 0 Å². The van der Waals surface area contributed by atoms with Crippen LogP contribution >= 0.6 is 22.6 Å². The first-order valence-corrected chi connectivity index (χ1v) is 6.39. The highest BCUT2D eigenvalue weighted by Gasteiger charge is 2.07. The smallest absolute Gasteiger partial charge is 0.235 e. The summed E-state index contributed by atoms with van der Waals surface area (Å²) in [5.41, 5.74) is 0.828. The van der Waals surface area contributed by atoms with Gasteiger partial charge >= 0.3 is 0 Å². The predicted molar refractivity (Wildman–Crippen MR) is 76.6 cm³/mol. The maximum atomic E-state index is 5.80. The molecule has 0 fully saturated rings. The summed E-state index contributed by atoms with van der Waals surface area (Å²) in [6.07, 6.45) is 4.93. The Morgan fingerprint density at radius 3 is 2.83 bits per heavy atom. The molecule has 0 spiro atoms. The van der Waals surface area contributed by atoms with E-state index < -0.39 is 0 Å². The minimum Gasteiger partial charge on any atom is -0.436 e. The van der Waals surface area contributed by atoms with Crippen molar-refractivity contribution >= 4 is 33.5 Å². The quantitative estimate of drug-likeness (QED) is 0.666. The predicted octanol–water partition coefficient (Wildman–Crippen LogP) is 3.42. The van der Waals surface area contributed by atoms with Crippen molar-refractivity contribution in [3.05, 3.63) is 52.6 Å². The third-order valence-corrected chi connectivity index (χ3v) is 3.18. The topological polar surface area (TPSA) is 47.9 Å². The monoisotopic (exact) mass is 349 g/mol. The average molecular weight is 349 g/mol. The summed E-state index contributed by atoms with van der Waals surface area (Å²) in [7, 11) is 0. The van der Waals surface area contributed by atoms with Gasteiger partial charge < -0.3 is 4.74 Å². The van der Waals surface area contributed by atoms with Crippen LogP contribution in [0.1, 0.15) is 0 Å². The number of fused-ring (bicyclic) bond motifs is 1. The highest BCUT2D eigenvalue weighted by molar-refractivity contribution is 14.1. The van der Waals surface area contributed by atoms with Crippen LogP contribution in [-0.2, 0) is 0 Å². The summed E-state index contributed by atoms with van der Waals surface area (Å²) < 4.78 is 6.67. The maximum absolute atomic E-state index is 5.80. The van der Waals surface area contributed by atoms with Gasteiger partial charge in [0.25, 0.3) is 0 Å². The minimum absolute atomic E-state index is 0.545. The summed E-state index contributed by atoms with van der Waals surface area (Å²) in [6, 6.07) is 9.72. The number of halogens is 1. The van der Waals surface area contributed by atoms with E-state index in [0.29, 0.717) is 11.6 Å². The Morgan fingerprint density at radius 1 is 1.06 bits per heavy atom. The second-order valence-corrected chi connectivity index (χ2v) is 4.77. The molecule has 3 aromatic rings. The van der Waals surface area contributed by atoms with Crippen LogP contribution in [0.15, 0.2) is 49.1 Å². The van der Waals surface area contributed by atoms with Crippen LogP contribution in [0, 0.1) is 3.57 Å². The number of hydrogen-bond donors (Lipinski definition) is 0. The molecule has 0 amide bonds. The molecule has 1 aromatic carbocycles. The SMILES string of the molecule is Ic1cncnc1Oc1cccc2cccnc12. The van der Waals surface area contributed by atoms with Gasteiger partial charge in [0.1, 0.15) is 11.8 Å². The molecule has 0 aliphatic heterocycles. The molecule has 0 aliphatic rings. The zero-order chi connectivity index (χ0) is 12.4. The van der Waals surface area contributed by atoms with Crippen LogP contribution in [0.2, 0.25) is 0 Å². The molecular formula is C13H8IN3O.